The van der Waals surface area contributed by atoms with Crippen LogP contribution in [0.25, 0.3) is 0 Å². The lowest BCUT2D eigenvalue weighted by molar-refractivity contribution is 0.102. The van der Waals surface area contributed by atoms with Crippen LogP contribution in [0, 0.1) is 6.92 Å². The summed E-state index contributed by atoms with van der Waals surface area (Å²) in [6, 6.07) is 6.72. The van der Waals surface area contributed by atoms with Gasteiger partial charge in [0.15, 0.2) is 5.15 Å². The van der Waals surface area contributed by atoms with Crippen molar-refractivity contribution in [2.75, 3.05) is 5.32 Å². The lowest BCUT2D eigenvalue weighted by Gasteiger charge is -2.08. The highest BCUT2D eigenvalue weighted by atomic mass is 79.9. The number of amides is 1. The molecule has 0 unspecified atom stereocenters. The average molecular weight is 360 g/mol. The molecule has 0 aliphatic heterocycles. The summed E-state index contributed by atoms with van der Waals surface area (Å²) < 4.78 is 0.737. The van der Waals surface area contributed by atoms with Crippen LogP contribution in [0.15, 0.2) is 34.9 Å². The highest BCUT2D eigenvalue weighted by Crippen LogP contribution is 2.25. The van der Waals surface area contributed by atoms with Gasteiger partial charge in [0.25, 0.3) is 5.91 Å². The Labute approximate surface area is 129 Å². The molecule has 0 aliphatic carbocycles. The van der Waals surface area contributed by atoms with Crippen molar-refractivity contribution in [1.29, 1.82) is 0 Å². The topological polar surface area (TPSA) is 42.0 Å². The number of hydrogen-bond acceptors (Lipinski definition) is 2. The lowest BCUT2D eigenvalue weighted by Crippen LogP contribution is -2.12. The molecule has 0 spiro atoms. The van der Waals surface area contributed by atoms with Gasteiger partial charge in [0.1, 0.15) is 0 Å². The van der Waals surface area contributed by atoms with Crippen LogP contribution in [0.4, 0.5) is 5.69 Å². The van der Waals surface area contributed by atoms with Gasteiger partial charge in [0.05, 0.1) is 10.7 Å². The van der Waals surface area contributed by atoms with Crippen LogP contribution in [-0.2, 0) is 0 Å². The third-order valence-electron chi connectivity index (χ3n) is 2.41. The average Bonchev–Trinajstić information content (AvgIpc) is 2.37. The Morgan fingerprint density at radius 1 is 1.32 bits per heavy atom. The molecule has 0 atom stereocenters. The Kier molecular flexibility index (Phi) is 4.45. The molecule has 1 amide bonds. The fourth-order valence-electron chi connectivity index (χ4n) is 1.47. The Balaban J connectivity index is 2.25. The molecular weight excluding hydrogens is 351 g/mol. The maximum absolute atomic E-state index is 12.1. The summed E-state index contributed by atoms with van der Waals surface area (Å²) in [7, 11) is 0. The first kappa shape index (κ1) is 14.3. The number of carbonyl (C=O) groups is 1. The first-order valence-corrected chi connectivity index (χ1v) is 6.91. The van der Waals surface area contributed by atoms with Crippen molar-refractivity contribution >= 4 is 50.7 Å². The second-order valence-electron chi connectivity index (χ2n) is 3.93. The van der Waals surface area contributed by atoms with Crippen molar-refractivity contribution in [1.82, 2.24) is 4.98 Å². The van der Waals surface area contributed by atoms with Gasteiger partial charge in [-0.1, -0.05) is 23.2 Å². The zero-order chi connectivity index (χ0) is 14.0. The van der Waals surface area contributed by atoms with Crippen LogP contribution in [0.5, 0.6) is 0 Å². The molecule has 6 heteroatoms. The predicted molar refractivity (Wildman–Crippen MR) is 81.1 cm³/mol. The number of anilines is 1. The van der Waals surface area contributed by atoms with Crippen LogP contribution in [0.2, 0.25) is 10.2 Å². The number of halogens is 3. The third-order valence-corrected chi connectivity index (χ3v) is 3.94. The predicted octanol–water partition coefficient (Wildman–Crippen LogP) is 4.71. The molecule has 2 rings (SSSR count). The second-order valence-corrected chi connectivity index (χ2v) is 5.55. The molecule has 0 radical (unpaired) electrons. The highest BCUT2D eigenvalue weighted by molar-refractivity contribution is 9.10. The summed E-state index contributed by atoms with van der Waals surface area (Å²) in [5.74, 6) is -0.288. The lowest BCUT2D eigenvalue weighted by atomic mass is 10.2. The van der Waals surface area contributed by atoms with E-state index in [0.29, 0.717) is 16.3 Å². The van der Waals surface area contributed by atoms with E-state index in [1.54, 1.807) is 30.5 Å². The van der Waals surface area contributed by atoms with Gasteiger partial charge in [0.2, 0.25) is 0 Å². The number of nitrogens with one attached hydrogen (secondary N) is 1. The molecule has 0 aliphatic rings. The zero-order valence-corrected chi connectivity index (χ0v) is 13.0. The fraction of sp³-hybridized carbons (Fsp3) is 0.0769. The van der Waals surface area contributed by atoms with Crippen LogP contribution in [0.1, 0.15) is 15.9 Å². The zero-order valence-electron chi connectivity index (χ0n) is 9.88. The van der Waals surface area contributed by atoms with Crippen molar-refractivity contribution in [3.05, 3.63) is 56.2 Å². The summed E-state index contributed by atoms with van der Waals surface area (Å²) in [6.07, 6.45) is 1.63. The quantitative estimate of drug-likeness (QED) is 0.789. The van der Waals surface area contributed by atoms with Gasteiger partial charge in [-0.05, 0) is 52.7 Å². The number of aryl methyl sites for hydroxylation is 1. The van der Waals surface area contributed by atoms with Gasteiger partial charge >= 0.3 is 0 Å². The maximum atomic E-state index is 12.1. The van der Waals surface area contributed by atoms with Crippen LogP contribution in [0.3, 0.4) is 0 Å². The number of carbonyl (C=O) groups excluding carboxylic acids is 1. The van der Waals surface area contributed by atoms with Gasteiger partial charge in [0, 0.05) is 16.2 Å². The van der Waals surface area contributed by atoms with E-state index in [1.807, 2.05) is 6.92 Å². The molecular formula is C13H9BrCl2N2O. The maximum Gasteiger partial charge on any atom is 0.255 e. The number of rotatable bonds is 2. The minimum Gasteiger partial charge on any atom is -0.319 e. The largest absolute Gasteiger partial charge is 0.319 e. The Morgan fingerprint density at radius 3 is 2.74 bits per heavy atom. The van der Waals surface area contributed by atoms with E-state index in [1.165, 1.54) is 0 Å². The smallest absolute Gasteiger partial charge is 0.255 e. The molecule has 0 saturated carbocycles. The van der Waals surface area contributed by atoms with E-state index in [0.717, 1.165) is 10.0 Å². The number of aromatic nitrogens is 1. The highest BCUT2D eigenvalue weighted by Gasteiger charge is 2.10. The van der Waals surface area contributed by atoms with Crippen molar-refractivity contribution < 1.29 is 4.79 Å². The first-order chi connectivity index (χ1) is 8.97. The number of nitrogens with zero attached hydrogens (tertiary/aromatic N) is 1. The summed E-state index contributed by atoms with van der Waals surface area (Å²) in [6.45, 7) is 1.87. The molecule has 3 nitrogen and oxygen atoms in total. The molecule has 1 aromatic carbocycles. The molecule has 1 heterocycles. The Hall–Kier alpha value is -1.10. The number of benzene rings is 1. The minimum atomic E-state index is -0.288. The van der Waals surface area contributed by atoms with Crippen LogP contribution in [-0.4, -0.2) is 10.9 Å². The van der Waals surface area contributed by atoms with Crippen LogP contribution >= 0.6 is 39.1 Å². The van der Waals surface area contributed by atoms with E-state index in [9.17, 15) is 4.79 Å². The summed E-state index contributed by atoms with van der Waals surface area (Å²) >= 11 is 15.1. The fourth-order valence-corrected chi connectivity index (χ4v) is 2.05. The Bertz CT molecular complexity index is 647. The van der Waals surface area contributed by atoms with Crippen molar-refractivity contribution in [2.45, 2.75) is 6.92 Å². The Morgan fingerprint density at radius 2 is 2.05 bits per heavy atom. The summed E-state index contributed by atoms with van der Waals surface area (Å²) in [5.41, 5.74) is 1.84. The minimum absolute atomic E-state index is 0.252. The van der Waals surface area contributed by atoms with E-state index in [4.69, 9.17) is 23.2 Å². The van der Waals surface area contributed by atoms with E-state index < -0.39 is 0 Å². The molecule has 0 saturated heterocycles. The van der Waals surface area contributed by atoms with Gasteiger partial charge in [-0.2, -0.15) is 0 Å². The monoisotopic (exact) mass is 358 g/mol. The van der Waals surface area contributed by atoms with Gasteiger partial charge in [-0.25, -0.2) is 4.98 Å². The SMILES string of the molecule is Cc1cnc(Cl)c(NC(=O)c2ccc(Br)c(Cl)c2)c1. The molecule has 0 bridgehead atoms. The molecule has 1 aromatic heterocycles. The standard InChI is InChI=1S/C13H9BrCl2N2O/c1-7-4-11(12(16)17-6-7)18-13(19)8-2-3-9(14)10(15)5-8/h2-6H,1H3,(H,18,19). The number of hydrogen-bond donors (Lipinski definition) is 1. The van der Waals surface area contributed by atoms with Gasteiger partial charge < -0.3 is 5.32 Å². The van der Waals surface area contributed by atoms with Crippen LogP contribution < -0.4 is 5.32 Å². The van der Waals surface area contributed by atoms with Crippen molar-refractivity contribution in [2.24, 2.45) is 0 Å². The molecule has 98 valence electrons. The molecule has 1 N–H and O–H groups in total. The number of pyridine rings is 1. The first-order valence-electron chi connectivity index (χ1n) is 5.36. The van der Waals surface area contributed by atoms with E-state index in [-0.39, 0.29) is 11.1 Å². The molecule has 19 heavy (non-hydrogen) atoms. The second kappa shape index (κ2) is 5.90. The van der Waals surface area contributed by atoms with Crippen molar-refractivity contribution in [3.63, 3.8) is 0 Å². The summed E-state index contributed by atoms with van der Waals surface area (Å²) in [4.78, 5) is 16.0. The molecule has 2 aromatic rings. The normalized spacial score (nSPS) is 10.3. The third kappa shape index (κ3) is 3.47. The summed E-state index contributed by atoms with van der Waals surface area (Å²) in [5, 5.41) is 3.43. The van der Waals surface area contributed by atoms with E-state index in [2.05, 4.69) is 26.2 Å². The van der Waals surface area contributed by atoms with Crippen molar-refractivity contribution in [3.8, 4) is 0 Å². The van der Waals surface area contributed by atoms with Gasteiger partial charge in [-0.3, -0.25) is 4.79 Å². The van der Waals surface area contributed by atoms with Gasteiger partial charge in [-0.15, -0.1) is 0 Å². The van der Waals surface area contributed by atoms with E-state index >= 15 is 0 Å². The molecule has 0 fully saturated rings.